The number of nitrogens with one attached hydrogen (secondary N) is 1. The zero-order chi connectivity index (χ0) is 23.5. The number of benzene rings is 2. The number of aryl methyl sites for hydroxylation is 1. The summed E-state index contributed by atoms with van der Waals surface area (Å²) in [5, 5.41) is 2.94. The molecule has 0 unspecified atom stereocenters. The summed E-state index contributed by atoms with van der Waals surface area (Å²) in [6.45, 7) is -0.428. The molecule has 3 aromatic rings. The number of esters is 1. The molecule has 1 N–H and O–H groups in total. The van der Waals surface area contributed by atoms with Crippen LogP contribution in [-0.4, -0.2) is 34.9 Å². The number of anilines is 2. The lowest BCUT2D eigenvalue weighted by molar-refractivity contribution is -0.148. The van der Waals surface area contributed by atoms with Crippen LogP contribution in [0.25, 0.3) is 11.3 Å². The largest absolute Gasteiger partial charge is 0.456 e. The number of carbonyl (C=O) groups excluding carboxylic acids is 3. The Morgan fingerprint density at radius 3 is 2.59 bits per heavy atom. The molecular formula is C26H25N3O5. The zero-order valence-corrected chi connectivity index (χ0v) is 18.7. The van der Waals surface area contributed by atoms with E-state index in [1.165, 1.54) is 0 Å². The van der Waals surface area contributed by atoms with Gasteiger partial charge in [-0.3, -0.25) is 19.3 Å². The number of carbonyl (C=O) groups is 3. The minimum Gasteiger partial charge on any atom is -0.456 e. The van der Waals surface area contributed by atoms with Gasteiger partial charge in [0.15, 0.2) is 18.3 Å². The van der Waals surface area contributed by atoms with Gasteiger partial charge in [0.25, 0.3) is 11.8 Å². The average molecular weight is 460 g/mol. The molecule has 1 fully saturated rings. The molecule has 2 aromatic carbocycles. The van der Waals surface area contributed by atoms with E-state index in [0.717, 1.165) is 18.4 Å². The molecule has 0 saturated heterocycles. The van der Waals surface area contributed by atoms with E-state index >= 15 is 0 Å². The topological polar surface area (TPSA) is 102 Å². The van der Waals surface area contributed by atoms with Crippen LogP contribution in [0.1, 0.15) is 38.0 Å². The number of fused-ring (bicyclic) bond motifs is 1. The molecule has 5 rings (SSSR count). The second-order valence-electron chi connectivity index (χ2n) is 8.58. The number of hydrogen-bond acceptors (Lipinski definition) is 6. The SMILES string of the molecule is O=C(CCc1ncc(-c2ccccc2)o1)OCC(=O)N1c2ccccc2NC(=O)C12CCCC2. The number of oxazole rings is 1. The Bertz CT molecular complexity index is 1210. The fraction of sp³-hybridized carbons (Fsp3) is 0.308. The van der Waals surface area contributed by atoms with Gasteiger partial charge in [-0.15, -0.1) is 0 Å². The number of hydrogen-bond donors (Lipinski definition) is 1. The zero-order valence-electron chi connectivity index (χ0n) is 18.7. The van der Waals surface area contributed by atoms with Gasteiger partial charge in [-0.2, -0.15) is 0 Å². The average Bonchev–Trinajstić information content (AvgIpc) is 3.54. The van der Waals surface area contributed by atoms with Crippen LogP contribution >= 0.6 is 0 Å². The van der Waals surface area contributed by atoms with Crippen LogP contribution < -0.4 is 10.2 Å². The Labute approximate surface area is 196 Å². The molecule has 1 spiro atoms. The van der Waals surface area contributed by atoms with Crippen LogP contribution in [0.15, 0.2) is 65.2 Å². The molecule has 8 heteroatoms. The normalized spacial score (nSPS) is 16.2. The van der Waals surface area contributed by atoms with Crippen LogP contribution in [0.3, 0.4) is 0 Å². The fourth-order valence-electron chi connectivity index (χ4n) is 4.78. The molecule has 174 valence electrons. The Kier molecular flexibility index (Phi) is 5.88. The van der Waals surface area contributed by atoms with Crippen molar-refractivity contribution >= 4 is 29.2 Å². The highest BCUT2D eigenvalue weighted by Gasteiger charge is 2.52. The van der Waals surface area contributed by atoms with Gasteiger partial charge < -0.3 is 14.5 Å². The van der Waals surface area contributed by atoms with Gasteiger partial charge in [-0.05, 0) is 25.0 Å². The van der Waals surface area contributed by atoms with E-state index in [1.54, 1.807) is 23.2 Å². The van der Waals surface area contributed by atoms with Crippen molar-refractivity contribution in [2.45, 2.75) is 44.1 Å². The van der Waals surface area contributed by atoms with Crippen LogP contribution in [-0.2, 0) is 25.5 Å². The summed E-state index contributed by atoms with van der Waals surface area (Å²) in [5.74, 6) is -0.0544. The lowest BCUT2D eigenvalue weighted by Crippen LogP contribution is -2.61. The van der Waals surface area contributed by atoms with Crippen molar-refractivity contribution in [1.29, 1.82) is 0 Å². The molecule has 0 atom stereocenters. The van der Waals surface area contributed by atoms with E-state index in [1.807, 2.05) is 42.5 Å². The van der Waals surface area contributed by atoms with E-state index in [4.69, 9.17) is 9.15 Å². The third kappa shape index (κ3) is 4.07. The first-order valence-corrected chi connectivity index (χ1v) is 11.5. The standard InChI is InChI=1S/C26H25N3O5/c30-23(29-20-11-5-4-10-19(20)28-25(32)26(29)14-6-7-15-26)17-33-24(31)13-12-22-27-16-21(34-22)18-8-2-1-3-9-18/h1-5,8-11,16H,6-7,12-15,17H2,(H,28,32). The Balaban J connectivity index is 1.22. The predicted octanol–water partition coefficient (Wildman–Crippen LogP) is 4.12. The van der Waals surface area contributed by atoms with E-state index in [0.29, 0.717) is 35.9 Å². The van der Waals surface area contributed by atoms with Crippen molar-refractivity contribution in [3.8, 4) is 11.3 Å². The highest BCUT2D eigenvalue weighted by Crippen LogP contribution is 2.45. The Morgan fingerprint density at radius 2 is 1.79 bits per heavy atom. The van der Waals surface area contributed by atoms with Crippen molar-refractivity contribution in [3.05, 3.63) is 66.7 Å². The van der Waals surface area contributed by atoms with Gasteiger partial charge in [-0.25, -0.2) is 4.98 Å². The van der Waals surface area contributed by atoms with E-state index in [2.05, 4.69) is 10.3 Å². The van der Waals surface area contributed by atoms with Gasteiger partial charge in [0.05, 0.1) is 24.0 Å². The molecule has 1 saturated carbocycles. The summed E-state index contributed by atoms with van der Waals surface area (Å²) in [6.07, 6.45) is 4.81. The molecule has 8 nitrogen and oxygen atoms in total. The maximum Gasteiger partial charge on any atom is 0.306 e. The lowest BCUT2D eigenvalue weighted by Gasteiger charge is -2.44. The predicted molar refractivity (Wildman–Crippen MR) is 125 cm³/mol. The summed E-state index contributed by atoms with van der Waals surface area (Å²) in [4.78, 5) is 44.3. The fourth-order valence-corrected chi connectivity index (χ4v) is 4.78. The molecule has 0 radical (unpaired) electrons. The van der Waals surface area contributed by atoms with Crippen LogP contribution in [0.4, 0.5) is 11.4 Å². The first kappa shape index (κ1) is 21.9. The molecule has 1 aliphatic carbocycles. The maximum absolute atomic E-state index is 13.2. The smallest absolute Gasteiger partial charge is 0.306 e. The van der Waals surface area contributed by atoms with Crippen molar-refractivity contribution in [2.24, 2.45) is 0 Å². The minimum absolute atomic E-state index is 0.0320. The van der Waals surface area contributed by atoms with Crippen molar-refractivity contribution in [1.82, 2.24) is 4.98 Å². The van der Waals surface area contributed by atoms with E-state index in [9.17, 15) is 14.4 Å². The number of rotatable bonds is 6. The molecule has 2 amide bonds. The highest BCUT2D eigenvalue weighted by molar-refractivity contribution is 6.15. The molecule has 2 heterocycles. The number of aromatic nitrogens is 1. The first-order valence-electron chi connectivity index (χ1n) is 11.5. The Hall–Kier alpha value is -3.94. The van der Waals surface area contributed by atoms with Gasteiger partial charge in [0.2, 0.25) is 0 Å². The summed E-state index contributed by atoms with van der Waals surface area (Å²) >= 11 is 0. The van der Waals surface area contributed by atoms with E-state index < -0.39 is 24.0 Å². The molecule has 1 aromatic heterocycles. The second kappa shape index (κ2) is 9.13. The van der Waals surface area contributed by atoms with Crippen molar-refractivity contribution < 1.29 is 23.5 Å². The van der Waals surface area contributed by atoms with Gasteiger partial charge in [0.1, 0.15) is 5.54 Å². The molecule has 2 aliphatic rings. The summed E-state index contributed by atoms with van der Waals surface area (Å²) in [7, 11) is 0. The number of amides is 2. The number of nitrogens with zero attached hydrogens (tertiary/aromatic N) is 2. The highest BCUT2D eigenvalue weighted by atomic mass is 16.5. The molecule has 34 heavy (non-hydrogen) atoms. The quantitative estimate of drug-likeness (QED) is 0.557. The summed E-state index contributed by atoms with van der Waals surface area (Å²) in [5.41, 5.74) is 1.20. The van der Waals surface area contributed by atoms with Crippen molar-refractivity contribution in [2.75, 3.05) is 16.8 Å². The van der Waals surface area contributed by atoms with E-state index in [-0.39, 0.29) is 18.7 Å². The van der Waals surface area contributed by atoms with Gasteiger partial charge >= 0.3 is 5.97 Å². The van der Waals surface area contributed by atoms with Gasteiger partial charge in [-0.1, -0.05) is 55.3 Å². The molecule has 1 aliphatic heterocycles. The third-order valence-corrected chi connectivity index (χ3v) is 6.44. The van der Waals surface area contributed by atoms with Crippen LogP contribution in [0.5, 0.6) is 0 Å². The summed E-state index contributed by atoms with van der Waals surface area (Å²) < 4.78 is 11.0. The van der Waals surface area contributed by atoms with Crippen LogP contribution in [0, 0.1) is 0 Å². The molecular weight excluding hydrogens is 434 g/mol. The number of para-hydroxylation sites is 2. The maximum atomic E-state index is 13.2. The second-order valence-corrected chi connectivity index (χ2v) is 8.58. The number of ether oxygens (including phenoxy) is 1. The van der Waals surface area contributed by atoms with Crippen LogP contribution in [0.2, 0.25) is 0 Å². The van der Waals surface area contributed by atoms with Crippen molar-refractivity contribution in [3.63, 3.8) is 0 Å². The lowest BCUT2D eigenvalue weighted by atomic mass is 9.90. The summed E-state index contributed by atoms with van der Waals surface area (Å²) in [6, 6.07) is 16.8. The third-order valence-electron chi connectivity index (χ3n) is 6.44. The molecule has 0 bridgehead atoms. The minimum atomic E-state index is -0.927. The monoisotopic (exact) mass is 459 g/mol. The first-order chi connectivity index (χ1) is 16.6. The Morgan fingerprint density at radius 1 is 1.06 bits per heavy atom. The van der Waals surface area contributed by atoms with Gasteiger partial charge in [0, 0.05) is 12.0 Å².